The predicted octanol–water partition coefficient (Wildman–Crippen LogP) is 3.63. The molecule has 0 spiro atoms. The Morgan fingerprint density at radius 1 is 1.04 bits per heavy atom. The van der Waals surface area contributed by atoms with Crippen LogP contribution in [0.1, 0.15) is 25.0 Å². The van der Waals surface area contributed by atoms with Crippen molar-refractivity contribution in [2.45, 2.75) is 26.2 Å². The second-order valence-electron chi connectivity index (χ2n) is 6.55. The lowest BCUT2D eigenvalue weighted by molar-refractivity contribution is -0.222. The molecule has 1 saturated heterocycles. The van der Waals surface area contributed by atoms with Gasteiger partial charge in [0.05, 0.1) is 7.11 Å². The van der Waals surface area contributed by atoms with Crippen molar-refractivity contribution in [1.29, 1.82) is 0 Å². The van der Waals surface area contributed by atoms with E-state index in [-0.39, 0.29) is 18.0 Å². The van der Waals surface area contributed by atoms with E-state index < -0.39 is 17.7 Å². The van der Waals surface area contributed by atoms with Crippen LogP contribution in [-0.4, -0.2) is 24.8 Å². The third kappa shape index (κ3) is 4.49. The normalized spacial score (nSPS) is 15.5. The van der Waals surface area contributed by atoms with Crippen LogP contribution in [0.3, 0.4) is 0 Å². The molecular formula is C21H19FO6. The molecule has 7 heteroatoms. The van der Waals surface area contributed by atoms with Crippen LogP contribution in [0.15, 0.2) is 48.0 Å². The molecule has 1 aliphatic heterocycles. The van der Waals surface area contributed by atoms with E-state index in [1.165, 1.54) is 51.3 Å². The number of benzene rings is 2. The topological polar surface area (TPSA) is 71.1 Å². The second-order valence-corrected chi connectivity index (χ2v) is 6.55. The summed E-state index contributed by atoms with van der Waals surface area (Å²) < 4.78 is 34.2. The summed E-state index contributed by atoms with van der Waals surface area (Å²) in [7, 11) is 1.52. The summed E-state index contributed by atoms with van der Waals surface area (Å²) in [5.74, 6) is -2.08. The van der Waals surface area contributed by atoms with Crippen LogP contribution >= 0.6 is 0 Å². The van der Waals surface area contributed by atoms with Gasteiger partial charge in [0.1, 0.15) is 29.5 Å². The Bertz CT molecular complexity index is 908. The number of carbonyl (C=O) groups excluding carboxylic acids is 2. The van der Waals surface area contributed by atoms with Gasteiger partial charge in [0, 0.05) is 19.4 Å². The van der Waals surface area contributed by atoms with Crippen LogP contribution in [0.5, 0.6) is 11.5 Å². The minimum atomic E-state index is -1.29. The maximum absolute atomic E-state index is 13.0. The van der Waals surface area contributed by atoms with E-state index in [0.717, 1.165) is 0 Å². The molecule has 0 N–H and O–H groups in total. The number of carbonyl (C=O) groups is 2. The fourth-order valence-electron chi connectivity index (χ4n) is 2.64. The summed E-state index contributed by atoms with van der Waals surface area (Å²) in [4.78, 5) is 24.2. The Morgan fingerprint density at radius 3 is 2.29 bits per heavy atom. The highest BCUT2D eigenvalue weighted by Gasteiger charge is 2.38. The first-order valence-corrected chi connectivity index (χ1v) is 8.51. The first kappa shape index (κ1) is 19.4. The number of hydrogen-bond acceptors (Lipinski definition) is 6. The van der Waals surface area contributed by atoms with Crippen LogP contribution < -0.4 is 9.47 Å². The van der Waals surface area contributed by atoms with Gasteiger partial charge in [0.15, 0.2) is 0 Å². The van der Waals surface area contributed by atoms with Gasteiger partial charge in [-0.2, -0.15) is 0 Å². The molecule has 1 aliphatic rings. The summed E-state index contributed by atoms with van der Waals surface area (Å²) in [6, 6.07) is 10.7. The van der Waals surface area contributed by atoms with Gasteiger partial charge in [0.2, 0.25) is 0 Å². The lowest BCUT2D eigenvalue weighted by Gasteiger charge is -2.29. The van der Waals surface area contributed by atoms with Crippen molar-refractivity contribution >= 4 is 18.0 Å². The highest BCUT2D eigenvalue weighted by molar-refractivity contribution is 6.18. The molecule has 28 heavy (non-hydrogen) atoms. The molecule has 0 bridgehead atoms. The van der Waals surface area contributed by atoms with Gasteiger partial charge in [0.25, 0.3) is 5.79 Å². The average Bonchev–Trinajstić information content (AvgIpc) is 2.63. The average molecular weight is 386 g/mol. The quantitative estimate of drug-likeness (QED) is 0.444. The fourth-order valence-corrected chi connectivity index (χ4v) is 2.64. The molecule has 0 aromatic heterocycles. The number of halogens is 1. The van der Waals surface area contributed by atoms with Crippen molar-refractivity contribution in [2.24, 2.45) is 0 Å². The van der Waals surface area contributed by atoms with Gasteiger partial charge >= 0.3 is 11.9 Å². The Balaban J connectivity index is 1.83. The molecule has 1 fully saturated rings. The molecule has 0 amide bonds. The molecular weight excluding hydrogens is 367 g/mol. The van der Waals surface area contributed by atoms with Gasteiger partial charge in [-0.1, -0.05) is 6.07 Å². The molecule has 0 unspecified atom stereocenters. The molecule has 1 heterocycles. The molecule has 0 atom stereocenters. The minimum absolute atomic E-state index is 0.147. The van der Waals surface area contributed by atoms with Gasteiger partial charge < -0.3 is 18.9 Å². The Labute approximate surface area is 161 Å². The van der Waals surface area contributed by atoms with Crippen molar-refractivity contribution in [2.75, 3.05) is 7.11 Å². The maximum Gasteiger partial charge on any atom is 0.348 e. The summed E-state index contributed by atoms with van der Waals surface area (Å²) >= 11 is 0. The number of rotatable bonds is 5. The van der Waals surface area contributed by atoms with Gasteiger partial charge in [-0.3, -0.25) is 0 Å². The van der Waals surface area contributed by atoms with Gasteiger partial charge in [-0.25, -0.2) is 14.0 Å². The predicted molar refractivity (Wildman–Crippen MR) is 98.0 cm³/mol. The van der Waals surface area contributed by atoms with E-state index in [1.54, 1.807) is 18.2 Å². The van der Waals surface area contributed by atoms with Gasteiger partial charge in [-0.05, 0) is 48.0 Å². The zero-order valence-corrected chi connectivity index (χ0v) is 15.7. The minimum Gasteiger partial charge on any atom is -0.496 e. The van der Waals surface area contributed by atoms with E-state index in [1.807, 2.05) is 0 Å². The van der Waals surface area contributed by atoms with Crippen molar-refractivity contribution in [3.8, 4) is 11.5 Å². The number of methoxy groups -OCH3 is 1. The fraction of sp³-hybridized carbons (Fsp3) is 0.238. The Hall–Kier alpha value is -3.35. The van der Waals surface area contributed by atoms with Crippen molar-refractivity contribution < 1.29 is 32.9 Å². The molecule has 6 nitrogen and oxygen atoms in total. The Kier molecular flexibility index (Phi) is 5.35. The SMILES string of the molecule is COc1ccc(C=C2C(=O)OC(C)(C)OC2=O)cc1COc1ccc(F)cc1. The molecule has 0 saturated carbocycles. The highest BCUT2D eigenvalue weighted by Crippen LogP contribution is 2.27. The van der Waals surface area contributed by atoms with E-state index in [2.05, 4.69) is 0 Å². The lowest BCUT2D eigenvalue weighted by Crippen LogP contribution is -2.41. The number of esters is 2. The van der Waals surface area contributed by atoms with Crippen LogP contribution in [0.2, 0.25) is 0 Å². The highest BCUT2D eigenvalue weighted by atomic mass is 19.1. The van der Waals surface area contributed by atoms with Crippen LogP contribution in [0.4, 0.5) is 4.39 Å². The largest absolute Gasteiger partial charge is 0.496 e. The van der Waals surface area contributed by atoms with E-state index >= 15 is 0 Å². The smallest absolute Gasteiger partial charge is 0.348 e. The summed E-state index contributed by atoms with van der Waals surface area (Å²) in [6.07, 6.45) is 1.39. The molecule has 3 rings (SSSR count). The first-order chi connectivity index (χ1) is 13.3. The standard InChI is InChI=1S/C21H19FO6/c1-21(2)27-19(23)17(20(24)28-21)11-13-4-9-18(25-3)14(10-13)12-26-16-7-5-15(22)6-8-16/h4-11H,12H2,1-3H3. The summed E-state index contributed by atoms with van der Waals surface area (Å²) in [5, 5.41) is 0. The number of ether oxygens (including phenoxy) is 4. The number of cyclic esters (lactones) is 2. The van der Waals surface area contributed by atoms with Crippen molar-refractivity contribution in [3.05, 3.63) is 65.0 Å². The summed E-state index contributed by atoms with van der Waals surface area (Å²) in [6.45, 7) is 3.11. The zero-order valence-electron chi connectivity index (χ0n) is 15.7. The first-order valence-electron chi connectivity index (χ1n) is 8.51. The monoisotopic (exact) mass is 386 g/mol. The molecule has 2 aromatic rings. The van der Waals surface area contributed by atoms with Crippen molar-refractivity contribution in [3.63, 3.8) is 0 Å². The third-order valence-electron chi connectivity index (χ3n) is 3.94. The molecule has 146 valence electrons. The molecule has 0 radical (unpaired) electrons. The van der Waals surface area contributed by atoms with Crippen LogP contribution in [-0.2, 0) is 25.7 Å². The molecule has 0 aliphatic carbocycles. The number of hydrogen-bond donors (Lipinski definition) is 0. The van der Waals surface area contributed by atoms with E-state index in [0.29, 0.717) is 22.6 Å². The Morgan fingerprint density at radius 2 is 1.68 bits per heavy atom. The van der Waals surface area contributed by atoms with Crippen LogP contribution in [0, 0.1) is 5.82 Å². The lowest BCUT2D eigenvalue weighted by atomic mass is 10.1. The molecule has 2 aromatic carbocycles. The van der Waals surface area contributed by atoms with Crippen LogP contribution in [0.25, 0.3) is 6.08 Å². The second kappa shape index (κ2) is 7.72. The maximum atomic E-state index is 13.0. The van der Waals surface area contributed by atoms with Crippen molar-refractivity contribution in [1.82, 2.24) is 0 Å². The van der Waals surface area contributed by atoms with E-state index in [9.17, 15) is 14.0 Å². The third-order valence-corrected chi connectivity index (χ3v) is 3.94. The van der Waals surface area contributed by atoms with E-state index in [4.69, 9.17) is 18.9 Å². The van der Waals surface area contributed by atoms with Gasteiger partial charge in [-0.15, -0.1) is 0 Å². The summed E-state index contributed by atoms with van der Waals surface area (Å²) in [5.41, 5.74) is 1.05. The zero-order chi connectivity index (χ0) is 20.3.